The van der Waals surface area contributed by atoms with Crippen LogP contribution in [0.25, 0.3) is 10.8 Å². The average Bonchev–Trinajstić information content (AvgIpc) is 2.93. The van der Waals surface area contributed by atoms with E-state index in [0.717, 1.165) is 35.6 Å². The van der Waals surface area contributed by atoms with Gasteiger partial charge >= 0.3 is 0 Å². The molecule has 0 bridgehead atoms. The Bertz CT molecular complexity index is 1170. The van der Waals surface area contributed by atoms with E-state index in [-0.39, 0.29) is 5.82 Å². The van der Waals surface area contributed by atoms with E-state index in [4.69, 9.17) is 0 Å². The molecule has 1 heteroatoms. The lowest BCUT2D eigenvalue weighted by Gasteiger charge is -2.28. The van der Waals surface area contributed by atoms with Crippen LogP contribution in [0.4, 0.5) is 4.39 Å². The van der Waals surface area contributed by atoms with Gasteiger partial charge in [-0.15, -0.1) is 0 Å². The van der Waals surface area contributed by atoms with Crippen molar-refractivity contribution in [3.8, 4) is 11.8 Å². The third kappa shape index (κ3) is 8.20. The summed E-state index contributed by atoms with van der Waals surface area (Å²) >= 11 is 0. The van der Waals surface area contributed by atoms with E-state index in [2.05, 4.69) is 62.1 Å². The van der Waals surface area contributed by atoms with Crippen LogP contribution in [0.2, 0.25) is 0 Å². The molecule has 0 radical (unpaired) electrons. The average molecular weight is 497 g/mol. The quantitative estimate of drug-likeness (QED) is 0.183. The van der Waals surface area contributed by atoms with Crippen molar-refractivity contribution in [2.45, 2.75) is 104 Å². The van der Waals surface area contributed by atoms with Gasteiger partial charge in [0.25, 0.3) is 0 Å². The Morgan fingerprint density at radius 3 is 2.11 bits per heavy atom. The Labute approximate surface area is 225 Å². The van der Waals surface area contributed by atoms with E-state index in [1.165, 1.54) is 88.2 Å². The zero-order valence-electron chi connectivity index (χ0n) is 23.1. The molecule has 1 aliphatic rings. The lowest BCUT2D eigenvalue weighted by atomic mass is 9.78. The van der Waals surface area contributed by atoms with E-state index in [0.29, 0.717) is 10.9 Å². The summed E-state index contributed by atoms with van der Waals surface area (Å²) in [5.74, 6) is 7.93. The number of unbranched alkanes of at least 4 members (excludes halogenated alkanes) is 4. The Hall–Kier alpha value is -2.59. The molecule has 0 unspecified atom stereocenters. The van der Waals surface area contributed by atoms with Crippen LogP contribution in [0.15, 0.2) is 54.6 Å². The SMILES string of the molecule is CCCCCCCc1ccc2c(F)c(C#Cc3ccc(CCC4CCC(CCC)CC4)cc3)ccc2c1. The summed E-state index contributed by atoms with van der Waals surface area (Å²) in [6.07, 6.45) is 18.3. The number of aryl methyl sites for hydroxylation is 2. The largest absolute Gasteiger partial charge is 0.205 e. The van der Waals surface area contributed by atoms with Gasteiger partial charge in [0.2, 0.25) is 0 Å². The third-order valence-electron chi connectivity index (χ3n) is 8.39. The molecule has 196 valence electrons. The fourth-order valence-electron chi connectivity index (χ4n) is 6.01. The van der Waals surface area contributed by atoms with Gasteiger partial charge in [0.1, 0.15) is 5.82 Å². The van der Waals surface area contributed by atoms with Crippen LogP contribution in [0.1, 0.15) is 113 Å². The van der Waals surface area contributed by atoms with Crippen LogP contribution in [-0.2, 0) is 12.8 Å². The monoisotopic (exact) mass is 496 g/mol. The maximum atomic E-state index is 15.2. The van der Waals surface area contributed by atoms with Crippen molar-refractivity contribution < 1.29 is 4.39 Å². The summed E-state index contributed by atoms with van der Waals surface area (Å²) < 4.78 is 15.2. The molecule has 3 aromatic carbocycles. The molecular formula is C36H45F. The minimum Gasteiger partial charge on any atom is -0.205 e. The number of rotatable bonds is 11. The molecule has 3 aromatic rings. The molecule has 1 fully saturated rings. The molecule has 37 heavy (non-hydrogen) atoms. The van der Waals surface area contributed by atoms with Gasteiger partial charge in [0.15, 0.2) is 0 Å². The number of benzene rings is 3. The van der Waals surface area contributed by atoms with Crippen molar-refractivity contribution >= 4 is 10.8 Å². The highest BCUT2D eigenvalue weighted by Crippen LogP contribution is 2.33. The number of halogens is 1. The summed E-state index contributed by atoms with van der Waals surface area (Å²) in [6.45, 7) is 4.55. The van der Waals surface area contributed by atoms with E-state index in [1.807, 2.05) is 18.2 Å². The number of fused-ring (bicyclic) bond motifs is 1. The number of hydrogen-bond donors (Lipinski definition) is 0. The van der Waals surface area contributed by atoms with Crippen molar-refractivity contribution in [3.63, 3.8) is 0 Å². The Kier molecular flexibility index (Phi) is 10.7. The van der Waals surface area contributed by atoms with Gasteiger partial charge in [-0.2, -0.15) is 0 Å². The maximum absolute atomic E-state index is 15.2. The Morgan fingerprint density at radius 1 is 0.676 bits per heavy atom. The van der Waals surface area contributed by atoms with Crippen LogP contribution in [0.3, 0.4) is 0 Å². The fraction of sp³-hybridized carbons (Fsp3) is 0.500. The van der Waals surface area contributed by atoms with Crippen molar-refractivity contribution in [1.29, 1.82) is 0 Å². The molecule has 0 saturated heterocycles. The van der Waals surface area contributed by atoms with Gasteiger partial charge < -0.3 is 0 Å². The van der Waals surface area contributed by atoms with Crippen LogP contribution >= 0.6 is 0 Å². The normalized spacial score (nSPS) is 17.5. The summed E-state index contributed by atoms with van der Waals surface area (Å²) in [6, 6.07) is 18.6. The summed E-state index contributed by atoms with van der Waals surface area (Å²) in [4.78, 5) is 0. The first-order valence-electron chi connectivity index (χ1n) is 15.0. The van der Waals surface area contributed by atoms with Gasteiger partial charge in [0.05, 0.1) is 5.56 Å². The molecule has 0 amide bonds. The van der Waals surface area contributed by atoms with Gasteiger partial charge in [0, 0.05) is 10.9 Å². The zero-order valence-corrected chi connectivity index (χ0v) is 23.1. The highest BCUT2D eigenvalue weighted by molar-refractivity contribution is 5.85. The smallest absolute Gasteiger partial charge is 0.146 e. The second-order valence-electron chi connectivity index (χ2n) is 11.3. The highest BCUT2D eigenvalue weighted by atomic mass is 19.1. The van der Waals surface area contributed by atoms with E-state index < -0.39 is 0 Å². The molecule has 0 atom stereocenters. The molecule has 0 heterocycles. The first kappa shape index (κ1) is 27.4. The van der Waals surface area contributed by atoms with Gasteiger partial charge in [-0.3, -0.25) is 0 Å². The minimum absolute atomic E-state index is 0.204. The molecule has 0 N–H and O–H groups in total. The van der Waals surface area contributed by atoms with Gasteiger partial charge in [-0.05, 0) is 72.2 Å². The highest BCUT2D eigenvalue weighted by Gasteiger charge is 2.20. The molecule has 0 aromatic heterocycles. The van der Waals surface area contributed by atoms with Crippen molar-refractivity contribution in [2.75, 3.05) is 0 Å². The molecule has 1 saturated carbocycles. The summed E-state index contributed by atoms with van der Waals surface area (Å²) in [5, 5.41) is 1.64. The third-order valence-corrected chi connectivity index (χ3v) is 8.39. The van der Waals surface area contributed by atoms with E-state index >= 15 is 4.39 Å². The molecule has 0 spiro atoms. The predicted molar refractivity (Wildman–Crippen MR) is 157 cm³/mol. The first-order valence-corrected chi connectivity index (χ1v) is 15.0. The Balaban J connectivity index is 1.31. The molecular weight excluding hydrogens is 451 g/mol. The molecule has 4 rings (SSSR count). The lowest BCUT2D eigenvalue weighted by molar-refractivity contribution is 0.252. The minimum atomic E-state index is -0.204. The van der Waals surface area contributed by atoms with E-state index in [1.54, 1.807) is 0 Å². The molecule has 1 aliphatic carbocycles. The number of hydrogen-bond acceptors (Lipinski definition) is 0. The van der Waals surface area contributed by atoms with Crippen molar-refractivity contribution in [1.82, 2.24) is 0 Å². The fourth-order valence-corrected chi connectivity index (χ4v) is 6.01. The maximum Gasteiger partial charge on any atom is 0.146 e. The van der Waals surface area contributed by atoms with Crippen LogP contribution in [-0.4, -0.2) is 0 Å². The van der Waals surface area contributed by atoms with Crippen molar-refractivity contribution in [3.05, 3.63) is 82.7 Å². The van der Waals surface area contributed by atoms with Crippen LogP contribution < -0.4 is 0 Å². The van der Waals surface area contributed by atoms with E-state index in [9.17, 15) is 0 Å². The van der Waals surface area contributed by atoms with Crippen molar-refractivity contribution in [2.24, 2.45) is 11.8 Å². The second-order valence-corrected chi connectivity index (χ2v) is 11.3. The Morgan fingerprint density at radius 2 is 1.38 bits per heavy atom. The van der Waals surface area contributed by atoms with Gasteiger partial charge in [-0.25, -0.2) is 4.39 Å². The lowest BCUT2D eigenvalue weighted by Crippen LogP contribution is -2.15. The first-order chi connectivity index (χ1) is 18.2. The summed E-state index contributed by atoms with van der Waals surface area (Å²) in [5.41, 5.74) is 4.11. The topological polar surface area (TPSA) is 0 Å². The molecule has 0 aliphatic heterocycles. The predicted octanol–water partition coefficient (Wildman–Crippen LogP) is 10.4. The summed E-state index contributed by atoms with van der Waals surface area (Å²) in [7, 11) is 0. The van der Waals surface area contributed by atoms with Gasteiger partial charge in [-0.1, -0.05) is 126 Å². The van der Waals surface area contributed by atoms with Crippen LogP contribution in [0, 0.1) is 29.5 Å². The zero-order chi connectivity index (χ0) is 25.9. The standard InChI is InChI=1S/C36H45F/c1-3-5-6-7-8-10-32-22-26-35-34(27-32)25-24-33(36(35)37)23-21-31-19-17-30(18-20-31)16-15-29-13-11-28(9-4-2)12-14-29/h17-20,22,24-29H,3-16H2,1-2H3. The molecule has 0 nitrogen and oxygen atoms in total. The van der Waals surface area contributed by atoms with Crippen LogP contribution in [0.5, 0.6) is 0 Å². The second kappa shape index (κ2) is 14.4.